The molecule has 11 heteroatoms. The van der Waals surface area contributed by atoms with Gasteiger partial charge in [-0.05, 0) is 122 Å². The summed E-state index contributed by atoms with van der Waals surface area (Å²) in [6.07, 6.45) is 9.90. The summed E-state index contributed by atoms with van der Waals surface area (Å²) < 4.78 is 25.7. The van der Waals surface area contributed by atoms with E-state index in [-0.39, 0.29) is 11.8 Å². The summed E-state index contributed by atoms with van der Waals surface area (Å²) in [5.41, 5.74) is 4.35. The summed E-state index contributed by atoms with van der Waals surface area (Å²) in [5, 5.41) is 13.5. The maximum atomic E-state index is 6.87. The number of nitrogens with zero attached hydrogens (tertiary/aromatic N) is 6. The van der Waals surface area contributed by atoms with Crippen LogP contribution in [-0.2, 0) is 0 Å². The molecule has 8 atom stereocenters. The lowest BCUT2D eigenvalue weighted by molar-refractivity contribution is -0.0174. The molecule has 0 saturated carbocycles. The standard InChI is InChI=1S/C49H57IN6O4/c1-5-31-28-56-22-17-33(31)23-47(56)43(38-16-20-52-46-14-12-36(58-4)25-42(38)46)30-60-49-40-10-8-7-9-39(40)48(53-54-49)59-29-34(27-55-21-18-44(50)32(6-2)26-55)37-15-19-51-45-13-11-35(57-3)24-41(37)45/h7-16,19-20,24-25,31-34,43-44,47H,5-6,17-18,21-23,26-30H2,1-4H3/t31?,32?,33?,34-,43?,44?,47+/m0/s1. The summed E-state index contributed by atoms with van der Waals surface area (Å²) in [5.74, 6) is 5.00. The van der Waals surface area contributed by atoms with Crippen LogP contribution in [0.5, 0.6) is 23.3 Å². The van der Waals surface area contributed by atoms with Gasteiger partial charge in [-0.15, -0.1) is 10.2 Å². The first-order valence-corrected chi connectivity index (χ1v) is 23.2. The number of benzene rings is 3. The third kappa shape index (κ3) is 8.33. The molecule has 4 aliphatic rings. The highest BCUT2D eigenvalue weighted by Crippen LogP contribution is 2.44. The molecule has 4 saturated heterocycles. The van der Waals surface area contributed by atoms with E-state index in [0.29, 0.717) is 40.9 Å². The van der Waals surface area contributed by atoms with Crippen molar-refractivity contribution in [2.24, 2.45) is 17.8 Å². The highest BCUT2D eigenvalue weighted by molar-refractivity contribution is 14.1. The van der Waals surface area contributed by atoms with Gasteiger partial charge in [0.05, 0.1) is 49.2 Å². The lowest BCUT2D eigenvalue weighted by Gasteiger charge is -2.52. The smallest absolute Gasteiger partial charge is 0.241 e. The molecule has 0 radical (unpaired) electrons. The van der Waals surface area contributed by atoms with Crippen LogP contribution < -0.4 is 18.9 Å². The number of piperidine rings is 4. The molecule has 0 aliphatic carbocycles. The van der Waals surface area contributed by atoms with Gasteiger partial charge in [-0.3, -0.25) is 14.9 Å². The molecule has 4 aliphatic heterocycles. The van der Waals surface area contributed by atoms with Gasteiger partial charge in [0.15, 0.2) is 0 Å². The van der Waals surface area contributed by atoms with Crippen LogP contribution in [0.2, 0.25) is 0 Å². The van der Waals surface area contributed by atoms with Crippen molar-refractivity contribution in [3.63, 3.8) is 0 Å². The zero-order chi connectivity index (χ0) is 41.2. The van der Waals surface area contributed by atoms with Crippen LogP contribution in [0.25, 0.3) is 32.6 Å². The van der Waals surface area contributed by atoms with Crippen molar-refractivity contribution in [1.82, 2.24) is 30.0 Å². The molecule has 10 nitrogen and oxygen atoms in total. The van der Waals surface area contributed by atoms with Crippen LogP contribution >= 0.6 is 22.6 Å². The fraction of sp³-hybridized carbons (Fsp3) is 0.469. The predicted octanol–water partition coefficient (Wildman–Crippen LogP) is 9.72. The number of halogens is 1. The minimum Gasteiger partial charge on any atom is -0.497 e. The fourth-order valence-electron chi connectivity index (χ4n) is 10.5. The van der Waals surface area contributed by atoms with Crippen molar-refractivity contribution >= 4 is 55.2 Å². The molecule has 10 rings (SSSR count). The van der Waals surface area contributed by atoms with Crippen molar-refractivity contribution in [1.29, 1.82) is 0 Å². The Kier molecular flexibility index (Phi) is 12.5. The SMILES string of the molecule is CCC1CN(C[C@@H](COc2nnc(OCC(c3ccnc4ccc(OC)cc34)[C@H]3CC4CCN3CC4CC)c3ccccc23)c2ccnc3ccc(OC)cc23)CCC1I. The van der Waals surface area contributed by atoms with E-state index in [9.17, 15) is 0 Å². The second kappa shape index (κ2) is 18.3. The largest absolute Gasteiger partial charge is 0.497 e. The van der Waals surface area contributed by atoms with Crippen molar-refractivity contribution in [3.05, 3.63) is 96.3 Å². The first-order valence-electron chi connectivity index (χ1n) is 21.9. The average molecular weight is 921 g/mol. The number of pyridine rings is 2. The van der Waals surface area contributed by atoms with Gasteiger partial charge in [0.2, 0.25) is 11.8 Å². The Morgan fingerprint density at radius 3 is 1.95 bits per heavy atom. The van der Waals surface area contributed by atoms with Gasteiger partial charge in [-0.2, -0.15) is 0 Å². The number of alkyl halides is 1. The van der Waals surface area contributed by atoms with E-state index >= 15 is 0 Å². The molecule has 6 aromatic rings. The number of hydrogen-bond donors (Lipinski definition) is 0. The normalized spacial score (nSPS) is 24.1. The van der Waals surface area contributed by atoms with Gasteiger partial charge in [0.1, 0.15) is 11.5 Å². The third-order valence-corrected chi connectivity index (χ3v) is 15.5. The monoisotopic (exact) mass is 920 g/mol. The van der Waals surface area contributed by atoms with E-state index in [1.807, 2.05) is 42.7 Å². The second-order valence-electron chi connectivity index (χ2n) is 17.1. The lowest BCUT2D eigenvalue weighted by atomic mass is 9.70. The number of methoxy groups -OCH3 is 2. The van der Waals surface area contributed by atoms with E-state index in [1.54, 1.807) is 14.2 Å². The summed E-state index contributed by atoms with van der Waals surface area (Å²) in [4.78, 5) is 14.8. The quantitative estimate of drug-likeness (QED) is 0.0733. The van der Waals surface area contributed by atoms with Gasteiger partial charge >= 0.3 is 0 Å². The van der Waals surface area contributed by atoms with E-state index in [2.05, 4.69) is 88.7 Å². The molecule has 2 bridgehead atoms. The number of fused-ring (bicyclic) bond motifs is 6. The molecule has 3 aromatic carbocycles. The van der Waals surface area contributed by atoms with Crippen molar-refractivity contribution in [2.45, 2.75) is 67.8 Å². The van der Waals surface area contributed by atoms with E-state index in [1.165, 1.54) is 36.8 Å². The summed E-state index contributed by atoms with van der Waals surface area (Å²) >= 11 is 2.66. The first kappa shape index (κ1) is 41.0. The van der Waals surface area contributed by atoms with Gasteiger partial charge < -0.3 is 23.8 Å². The summed E-state index contributed by atoms with van der Waals surface area (Å²) in [6, 6.07) is 25.2. The van der Waals surface area contributed by atoms with Gasteiger partial charge in [-0.25, -0.2) is 0 Å². The van der Waals surface area contributed by atoms with Crippen molar-refractivity contribution < 1.29 is 18.9 Å². The number of hydrogen-bond acceptors (Lipinski definition) is 10. The van der Waals surface area contributed by atoms with Crippen LogP contribution in [0, 0.1) is 17.8 Å². The Labute approximate surface area is 367 Å². The molecular weight excluding hydrogens is 863 g/mol. The Balaban J connectivity index is 1.01. The molecule has 6 unspecified atom stereocenters. The topological polar surface area (TPSA) is 95.0 Å². The average Bonchev–Trinajstić information content (AvgIpc) is 3.30. The number of aromatic nitrogens is 4. The molecular formula is C49H57IN6O4. The predicted molar refractivity (Wildman–Crippen MR) is 247 cm³/mol. The lowest BCUT2D eigenvalue weighted by Crippen LogP contribution is -2.55. The third-order valence-electron chi connectivity index (χ3n) is 13.9. The molecule has 7 heterocycles. The molecule has 60 heavy (non-hydrogen) atoms. The minimum atomic E-state index is 0.0602. The number of rotatable bonds is 15. The molecule has 0 amide bonds. The molecule has 3 aromatic heterocycles. The number of likely N-dealkylation sites (tertiary alicyclic amines) is 1. The van der Waals surface area contributed by atoms with Crippen LogP contribution in [0.3, 0.4) is 0 Å². The van der Waals surface area contributed by atoms with Crippen LogP contribution in [0.4, 0.5) is 0 Å². The van der Waals surface area contributed by atoms with Crippen LogP contribution in [0.1, 0.15) is 68.9 Å². The van der Waals surface area contributed by atoms with Crippen molar-refractivity contribution in [2.75, 3.05) is 60.2 Å². The van der Waals surface area contributed by atoms with Gasteiger partial charge in [0, 0.05) is 64.6 Å². The Bertz CT molecular complexity index is 2430. The maximum Gasteiger partial charge on any atom is 0.241 e. The number of ether oxygens (including phenoxy) is 4. The Morgan fingerprint density at radius 1 is 0.700 bits per heavy atom. The second-order valence-corrected chi connectivity index (χ2v) is 18.7. The minimum absolute atomic E-state index is 0.0602. The van der Waals surface area contributed by atoms with E-state index in [4.69, 9.17) is 39.1 Å². The first-order chi connectivity index (χ1) is 29.4. The molecule has 0 spiro atoms. The van der Waals surface area contributed by atoms with Crippen LogP contribution in [-0.4, -0.2) is 100 Å². The summed E-state index contributed by atoms with van der Waals surface area (Å²) in [7, 11) is 3.44. The molecule has 314 valence electrons. The summed E-state index contributed by atoms with van der Waals surface area (Å²) in [6.45, 7) is 10.9. The Hall–Kier alpha value is -4.33. The van der Waals surface area contributed by atoms with Crippen LogP contribution in [0.15, 0.2) is 85.2 Å². The maximum absolute atomic E-state index is 6.87. The van der Waals surface area contributed by atoms with Gasteiger partial charge in [-0.1, -0.05) is 61.4 Å². The molecule has 4 fully saturated rings. The Morgan fingerprint density at radius 2 is 1.33 bits per heavy atom. The zero-order valence-corrected chi connectivity index (χ0v) is 37.5. The van der Waals surface area contributed by atoms with Gasteiger partial charge in [0.25, 0.3) is 0 Å². The zero-order valence-electron chi connectivity index (χ0n) is 35.3. The highest BCUT2D eigenvalue weighted by atomic mass is 127. The highest BCUT2D eigenvalue weighted by Gasteiger charge is 2.43. The fourth-order valence-corrected chi connectivity index (χ4v) is 11.5. The van der Waals surface area contributed by atoms with E-state index in [0.717, 1.165) is 95.1 Å². The molecule has 0 N–H and O–H groups in total. The van der Waals surface area contributed by atoms with E-state index < -0.39 is 0 Å². The van der Waals surface area contributed by atoms with Crippen molar-refractivity contribution in [3.8, 4) is 23.3 Å².